The van der Waals surface area contributed by atoms with Crippen LogP contribution in [0.3, 0.4) is 0 Å². The first-order valence-electron chi connectivity index (χ1n) is 15.2. The number of carbonyl (C=O) groups is 1. The Balaban J connectivity index is 1.36. The van der Waals surface area contributed by atoms with E-state index in [0.717, 1.165) is 32.1 Å². The Morgan fingerprint density at radius 2 is 1.64 bits per heavy atom. The SMILES string of the molecule is CC(=O)O[C@@H]([C@H]1C[C@@H](C)C2=C(O1)[C@H](O)[C@@]1(C)[C@@H]3CC[C@H]4C(C)(C)C(F)(F)CC[C@@]45C[C@@]35CC[C@]21C)C(C)(C)O. The molecule has 0 aromatic heterocycles. The van der Waals surface area contributed by atoms with Gasteiger partial charge >= 0.3 is 5.97 Å². The first-order chi connectivity index (χ1) is 17.8. The number of ether oxygens (including phenoxy) is 2. The minimum Gasteiger partial charge on any atom is -0.488 e. The Hall–Kier alpha value is -1.21. The van der Waals surface area contributed by atoms with Crippen molar-refractivity contribution < 1.29 is 33.3 Å². The van der Waals surface area contributed by atoms with Gasteiger partial charge in [0.25, 0.3) is 5.92 Å². The highest BCUT2D eigenvalue weighted by Crippen LogP contribution is 2.89. The topological polar surface area (TPSA) is 76.0 Å². The molecule has 0 unspecified atom stereocenters. The number of allylic oxidation sites excluding steroid dienone is 1. The molecule has 4 fully saturated rings. The maximum atomic E-state index is 15.2. The van der Waals surface area contributed by atoms with Crippen LogP contribution in [0.5, 0.6) is 0 Å². The van der Waals surface area contributed by atoms with Crippen molar-refractivity contribution in [1.82, 2.24) is 0 Å². The number of aliphatic hydroxyl groups is 2. The van der Waals surface area contributed by atoms with E-state index in [0.29, 0.717) is 18.6 Å². The lowest BCUT2D eigenvalue weighted by Gasteiger charge is -2.63. The molecule has 0 radical (unpaired) electrons. The summed E-state index contributed by atoms with van der Waals surface area (Å²) >= 11 is 0. The van der Waals surface area contributed by atoms with Crippen LogP contribution in [0.2, 0.25) is 0 Å². The van der Waals surface area contributed by atoms with Crippen LogP contribution < -0.4 is 0 Å². The Morgan fingerprint density at radius 3 is 2.26 bits per heavy atom. The van der Waals surface area contributed by atoms with Crippen molar-refractivity contribution in [3.8, 4) is 0 Å². The van der Waals surface area contributed by atoms with Crippen LogP contribution in [0.15, 0.2) is 11.3 Å². The Morgan fingerprint density at radius 1 is 1.05 bits per heavy atom. The van der Waals surface area contributed by atoms with Gasteiger partial charge in [-0.05, 0) is 93.0 Å². The fourth-order valence-corrected chi connectivity index (χ4v) is 11.6. The van der Waals surface area contributed by atoms with E-state index in [1.54, 1.807) is 27.7 Å². The second-order valence-corrected chi connectivity index (χ2v) is 15.9. The number of fused-ring (bicyclic) bond motifs is 3. The summed E-state index contributed by atoms with van der Waals surface area (Å²) in [6.45, 7) is 14.9. The van der Waals surface area contributed by atoms with E-state index in [4.69, 9.17) is 9.47 Å². The number of hydrogen-bond acceptors (Lipinski definition) is 5. The van der Waals surface area contributed by atoms with E-state index in [9.17, 15) is 15.0 Å². The predicted octanol–water partition coefficient (Wildman–Crippen LogP) is 6.41. The van der Waals surface area contributed by atoms with Gasteiger partial charge in [-0.15, -0.1) is 0 Å². The summed E-state index contributed by atoms with van der Waals surface area (Å²) in [4.78, 5) is 11.9. The van der Waals surface area contributed by atoms with E-state index >= 15 is 8.78 Å². The van der Waals surface area contributed by atoms with Gasteiger partial charge in [0.1, 0.15) is 18.0 Å². The number of rotatable bonds is 3. The predicted molar refractivity (Wildman–Crippen MR) is 143 cm³/mol. The molecule has 4 saturated carbocycles. The second-order valence-electron chi connectivity index (χ2n) is 15.9. The molecule has 6 rings (SSSR count). The number of alkyl halides is 2. The van der Waals surface area contributed by atoms with Crippen LogP contribution in [0.25, 0.3) is 0 Å². The van der Waals surface area contributed by atoms with E-state index in [1.165, 1.54) is 12.5 Å². The average molecular weight is 551 g/mol. The van der Waals surface area contributed by atoms with Crippen molar-refractivity contribution in [2.45, 2.75) is 137 Å². The van der Waals surface area contributed by atoms with Crippen molar-refractivity contribution >= 4 is 5.97 Å². The molecule has 1 aliphatic heterocycles. The monoisotopic (exact) mass is 550 g/mol. The summed E-state index contributed by atoms with van der Waals surface area (Å²) in [5, 5.41) is 23.1. The third-order valence-electron chi connectivity index (χ3n) is 13.6. The highest BCUT2D eigenvalue weighted by Gasteiger charge is 2.85. The Labute approximate surface area is 232 Å². The lowest BCUT2D eigenvalue weighted by Crippen LogP contribution is -2.60. The van der Waals surface area contributed by atoms with Gasteiger partial charge < -0.3 is 19.7 Å². The lowest BCUT2D eigenvalue weighted by atomic mass is 9.41. The Bertz CT molecular complexity index is 1120. The highest BCUT2D eigenvalue weighted by molar-refractivity contribution is 5.66. The molecule has 2 N–H and O–H groups in total. The van der Waals surface area contributed by atoms with Crippen LogP contribution in [0.4, 0.5) is 8.78 Å². The molecule has 5 nitrogen and oxygen atoms in total. The molecule has 5 aliphatic carbocycles. The van der Waals surface area contributed by atoms with Gasteiger partial charge in [0, 0.05) is 29.6 Å². The van der Waals surface area contributed by atoms with E-state index in [2.05, 4.69) is 20.8 Å². The van der Waals surface area contributed by atoms with Crippen LogP contribution in [0.1, 0.15) is 107 Å². The summed E-state index contributed by atoms with van der Waals surface area (Å²) < 4.78 is 42.5. The first-order valence-corrected chi connectivity index (χ1v) is 15.2. The van der Waals surface area contributed by atoms with Gasteiger partial charge in [-0.2, -0.15) is 0 Å². The molecule has 39 heavy (non-hydrogen) atoms. The van der Waals surface area contributed by atoms with Gasteiger partial charge in [-0.25, -0.2) is 8.78 Å². The summed E-state index contributed by atoms with van der Waals surface area (Å²) in [7, 11) is 0. The van der Waals surface area contributed by atoms with Crippen LogP contribution in [-0.2, 0) is 14.3 Å². The maximum absolute atomic E-state index is 15.2. The fraction of sp³-hybridized carbons (Fsp3) is 0.906. The zero-order valence-corrected chi connectivity index (χ0v) is 25.0. The van der Waals surface area contributed by atoms with Crippen molar-refractivity contribution in [3.05, 3.63) is 11.3 Å². The lowest BCUT2D eigenvalue weighted by molar-refractivity contribution is -0.220. The molecule has 0 bridgehead atoms. The zero-order chi connectivity index (χ0) is 28.8. The van der Waals surface area contributed by atoms with Crippen LogP contribution >= 0.6 is 0 Å². The number of halogens is 2. The van der Waals surface area contributed by atoms with Gasteiger partial charge in [0.2, 0.25) is 0 Å². The van der Waals surface area contributed by atoms with Crippen LogP contribution in [-0.4, -0.2) is 46.0 Å². The maximum Gasteiger partial charge on any atom is 0.303 e. The third kappa shape index (κ3) is 3.16. The van der Waals surface area contributed by atoms with Gasteiger partial charge in [-0.1, -0.05) is 34.6 Å². The van der Waals surface area contributed by atoms with Gasteiger partial charge in [0.05, 0.1) is 5.60 Å². The minimum absolute atomic E-state index is 0.00352. The highest BCUT2D eigenvalue weighted by atomic mass is 19.3. The number of hydrogen-bond donors (Lipinski definition) is 2. The zero-order valence-electron chi connectivity index (χ0n) is 25.0. The molecule has 0 saturated heterocycles. The molecule has 0 amide bonds. The summed E-state index contributed by atoms with van der Waals surface area (Å²) in [5.41, 5.74) is -1.93. The smallest absolute Gasteiger partial charge is 0.303 e. The number of esters is 1. The molecule has 2 spiro atoms. The minimum atomic E-state index is -2.64. The summed E-state index contributed by atoms with van der Waals surface area (Å²) in [5.74, 6) is -2.18. The fourth-order valence-electron chi connectivity index (χ4n) is 11.6. The van der Waals surface area contributed by atoms with Crippen LogP contribution in [0, 0.1) is 44.8 Å². The van der Waals surface area contributed by atoms with Crippen molar-refractivity contribution in [2.75, 3.05) is 0 Å². The normalized spacial score (nSPS) is 49.9. The van der Waals surface area contributed by atoms with Gasteiger partial charge in [-0.3, -0.25) is 4.79 Å². The standard InChI is InChI=1S/C32H48F2O5/c1-17-15-19(25(27(5,6)37)38-18(2)35)39-23-22(17)28(7)11-12-31-16-30(31)13-14-32(33,34)26(3,4)20(30)9-10-21(31)29(28,8)24(23)36/h17,19-21,24-25,36-37H,9-16H2,1-8H3/t17-,19-,20+,21+,24+,25+,28-,29-,30-,31+/m1/s1. The Kier molecular flexibility index (Phi) is 5.58. The van der Waals surface area contributed by atoms with E-state index < -0.39 is 46.6 Å². The van der Waals surface area contributed by atoms with Gasteiger partial charge in [0.15, 0.2) is 6.10 Å². The number of aliphatic hydroxyl groups excluding tert-OH is 1. The molecule has 6 aliphatic rings. The summed E-state index contributed by atoms with van der Waals surface area (Å²) in [6, 6.07) is 0. The molecule has 0 aromatic rings. The molecular formula is C32H48F2O5. The summed E-state index contributed by atoms with van der Waals surface area (Å²) in [6.07, 6.45) is 3.46. The average Bonchev–Trinajstić information content (AvgIpc) is 3.45. The van der Waals surface area contributed by atoms with Crippen molar-refractivity contribution in [1.29, 1.82) is 0 Å². The third-order valence-corrected chi connectivity index (χ3v) is 13.6. The quantitative estimate of drug-likeness (QED) is 0.398. The molecule has 220 valence electrons. The van der Waals surface area contributed by atoms with E-state index in [-0.39, 0.29) is 40.4 Å². The van der Waals surface area contributed by atoms with E-state index in [1.807, 2.05) is 0 Å². The first kappa shape index (κ1) is 27.9. The van der Waals surface area contributed by atoms with Crippen molar-refractivity contribution in [2.24, 2.45) is 44.8 Å². The molecule has 10 atom stereocenters. The molecule has 0 aromatic carbocycles. The van der Waals surface area contributed by atoms with Crippen molar-refractivity contribution in [3.63, 3.8) is 0 Å². The molecule has 7 heteroatoms. The largest absolute Gasteiger partial charge is 0.488 e. The number of carbonyl (C=O) groups excluding carboxylic acids is 1. The molecular weight excluding hydrogens is 502 g/mol. The second kappa shape index (κ2) is 7.79. The molecule has 1 heterocycles.